The van der Waals surface area contributed by atoms with E-state index in [1.54, 1.807) is 17.3 Å². The van der Waals surface area contributed by atoms with Gasteiger partial charge in [0.25, 0.3) is 0 Å². The lowest BCUT2D eigenvalue weighted by atomic mass is 9.77. The fourth-order valence-electron chi connectivity index (χ4n) is 4.99. The zero-order valence-electron chi connectivity index (χ0n) is 15.8. The van der Waals surface area contributed by atoms with E-state index in [-0.39, 0.29) is 17.8 Å². The number of carbonyl (C=O) groups excluding carboxylic acids is 1. The van der Waals surface area contributed by atoms with Gasteiger partial charge in [0.15, 0.2) is 11.6 Å². The minimum atomic E-state index is -0.634. The molecule has 29 heavy (non-hydrogen) atoms. The van der Waals surface area contributed by atoms with Gasteiger partial charge in [-0.1, -0.05) is 0 Å². The highest BCUT2D eigenvalue weighted by Gasteiger charge is 2.56. The highest BCUT2D eigenvalue weighted by molar-refractivity contribution is 5.85. The van der Waals surface area contributed by atoms with Crippen molar-refractivity contribution in [3.63, 3.8) is 0 Å². The Kier molecular flexibility index (Phi) is 4.27. The van der Waals surface area contributed by atoms with Crippen LogP contribution in [0.3, 0.4) is 0 Å². The van der Waals surface area contributed by atoms with Crippen molar-refractivity contribution in [3.05, 3.63) is 59.5 Å². The van der Waals surface area contributed by atoms with Gasteiger partial charge in [0.2, 0.25) is 5.91 Å². The molecule has 2 aromatic rings. The Morgan fingerprint density at radius 3 is 2.45 bits per heavy atom. The van der Waals surface area contributed by atoms with Crippen LogP contribution in [-0.4, -0.2) is 47.1 Å². The van der Waals surface area contributed by atoms with E-state index in [0.717, 1.165) is 6.07 Å². The maximum absolute atomic E-state index is 14.1. The Morgan fingerprint density at radius 1 is 1.03 bits per heavy atom. The van der Waals surface area contributed by atoms with Crippen LogP contribution in [0.1, 0.15) is 30.9 Å². The molecule has 3 fully saturated rings. The minimum absolute atomic E-state index is 0.00538. The second-order valence-electron chi connectivity index (χ2n) is 8.12. The van der Waals surface area contributed by atoms with E-state index < -0.39 is 17.0 Å². The van der Waals surface area contributed by atoms with Crippen molar-refractivity contribution in [3.8, 4) is 0 Å². The summed E-state index contributed by atoms with van der Waals surface area (Å²) >= 11 is 0. The lowest BCUT2D eigenvalue weighted by molar-refractivity contribution is -0.143. The third-order valence-electron chi connectivity index (χ3n) is 6.44. The molecule has 1 amide bonds. The van der Waals surface area contributed by atoms with Gasteiger partial charge < -0.3 is 4.90 Å². The molecule has 1 atom stereocenters. The van der Waals surface area contributed by atoms with Gasteiger partial charge in [-0.2, -0.15) is 0 Å². The summed E-state index contributed by atoms with van der Waals surface area (Å²) < 4.78 is 41.5. The molecule has 1 aromatic carbocycles. The number of benzene rings is 1. The summed E-state index contributed by atoms with van der Waals surface area (Å²) in [6.07, 6.45) is 3.40. The number of nitrogens with zero attached hydrogens (tertiary/aromatic N) is 4. The third-order valence-corrected chi connectivity index (χ3v) is 6.44. The molecule has 0 saturated carbocycles. The van der Waals surface area contributed by atoms with Crippen LogP contribution in [0.25, 0.3) is 0 Å². The molecule has 4 heterocycles. The van der Waals surface area contributed by atoms with E-state index in [4.69, 9.17) is 0 Å². The van der Waals surface area contributed by atoms with Crippen LogP contribution in [0.15, 0.2) is 36.5 Å². The minimum Gasteiger partial charge on any atom is -0.354 e. The Labute approximate surface area is 166 Å². The van der Waals surface area contributed by atoms with E-state index in [2.05, 4.69) is 4.98 Å². The molecule has 0 bridgehead atoms. The Bertz CT molecular complexity index is 940. The molecule has 3 saturated heterocycles. The summed E-state index contributed by atoms with van der Waals surface area (Å²) in [4.78, 5) is 19.4. The molecule has 0 N–H and O–H groups in total. The number of hydrogen-bond acceptors (Lipinski definition) is 4. The van der Waals surface area contributed by atoms with Crippen molar-refractivity contribution in [2.45, 2.75) is 25.3 Å². The first-order chi connectivity index (χ1) is 14.0. The molecule has 0 radical (unpaired) electrons. The van der Waals surface area contributed by atoms with Crippen molar-refractivity contribution in [2.75, 3.05) is 31.1 Å². The topological polar surface area (TPSA) is 39.7 Å². The summed E-state index contributed by atoms with van der Waals surface area (Å²) in [6, 6.07) is 6.05. The molecular weight excluding hydrogens is 381 g/mol. The van der Waals surface area contributed by atoms with Crippen LogP contribution < -0.4 is 4.90 Å². The number of halogens is 3. The average molecular weight is 402 g/mol. The number of piperidine rings is 1. The molecule has 1 spiro atoms. The second kappa shape index (κ2) is 6.73. The number of rotatable bonds is 2. The lowest BCUT2D eigenvalue weighted by Gasteiger charge is -2.38. The van der Waals surface area contributed by atoms with Crippen molar-refractivity contribution < 1.29 is 18.0 Å². The zero-order chi connectivity index (χ0) is 20.2. The van der Waals surface area contributed by atoms with Gasteiger partial charge >= 0.3 is 0 Å². The second-order valence-corrected chi connectivity index (χ2v) is 8.12. The summed E-state index contributed by atoms with van der Waals surface area (Å²) in [5.74, 6) is -1.30. The predicted octanol–water partition coefficient (Wildman–Crippen LogP) is 3.29. The van der Waals surface area contributed by atoms with Gasteiger partial charge in [0, 0.05) is 38.4 Å². The molecule has 152 valence electrons. The number of aromatic nitrogens is 1. The smallest absolute Gasteiger partial charge is 0.245 e. The summed E-state index contributed by atoms with van der Waals surface area (Å²) in [5, 5.41) is 3.71. The van der Waals surface area contributed by atoms with Crippen molar-refractivity contribution in [1.82, 2.24) is 15.0 Å². The third kappa shape index (κ3) is 2.97. The molecule has 5 nitrogen and oxygen atoms in total. The fraction of sp³-hybridized carbons (Fsp3) is 0.429. The SMILES string of the molecule is O=C1N2[C@H](c3cc(F)cc(F)c3)CCN2CC12CCN(c1ncccc1F)CC2. The van der Waals surface area contributed by atoms with Crippen LogP contribution in [-0.2, 0) is 4.79 Å². The number of hydrogen-bond donors (Lipinski definition) is 0. The molecule has 0 unspecified atom stereocenters. The van der Waals surface area contributed by atoms with Crippen LogP contribution in [0.2, 0.25) is 0 Å². The Morgan fingerprint density at radius 2 is 1.76 bits per heavy atom. The van der Waals surface area contributed by atoms with Gasteiger partial charge in [-0.05, 0) is 49.1 Å². The maximum Gasteiger partial charge on any atom is 0.245 e. The highest BCUT2D eigenvalue weighted by Crippen LogP contribution is 2.47. The number of fused-ring (bicyclic) bond motifs is 1. The standard InChI is InChI=1S/C21H21F3N4O/c22-15-10-14(11-16(23)12-15)18-3-7-27-13-21(20(29)28(18)27)4-8-26(9-5-21)19-17(24)2-1-6-25-19/h1-2,6,10-12,18H,3-5,7-9,13H2/t18-/m0/s1. The van der Waals surface area contributed by atoms with Crippen molar-refractivity contribution in [2.24, 2.45) is 5.41 Å². The predicted molar refractivity (Wildman–Crippen MR) is 100 cm³/mol. The number of anilines is 1. The monoisotopic (exact) mass is 402 g/mol. The molecule has 1 aromatic heterocycles. The zero-order valence-corrected chi connectivity index (χ0v) is 15.8. The van der Waals surface area contributed by atoms with E-state index in [1.807, 2.05) is 9.91 Å². The van der Waals surface area contributed by atoms with E-state index in [9.17, 15) is 18.0 Å². The van der Waals surface area contributed by atoms with Crippen LogP contribution >= 0.6 is 0 Å². The Hall–Kier alpha value is -2.61. The Balaban J connectivity index is 1.36. The van der Waals surface area contributed by atoms with E-state index in [0.29, 0.717) is 56.8 Å². The number of amides is 1. The first kappa shape index (κ1) is 18.4. The number of hydrazine groups is 1. The van der Waals surface area contributed by atoms with Gasteiger partial charge in [0.05, 0.1) is 11.5 Å². The summed E-state index contributed by atoms with van der Waals surface area (Å²) in [7, 11) is 0. The largest absolute Gasteiger partial charge is 0.354 e. The van der Waals surface area contributed by atoms with Gasteiger partial charge in [-0.3, -0.25) is 9.80 Å². The van der Waals surface area contributed by atoms with Gasteiger partial charge in [0.1, 0.15) is 11.6 Å². The van der Waals surface area contributed by atoms with Crippen LogP contribution in [0.5, 0.6) is 0 Å². The molecule has 3 aliphatic heterocycles. The fourth-order valence-corrected chi connectivity index (χ4v) is 4.99. The van der Waals surface area contributed by atoms with Crippen LogP contribution in [0.4, 0.5) is 19.0 Å². The van der Waals surface area contributed by atoms with Crippen molar-refractivity contribution in [1.29, 1.82) is 0 Å². The molecule has 5 rings (SSSR count). The van der Waals surface area contributed by atoms with Gasteiger partial charge in [-0.15, -0.1) is 0 Å². The molecule has 0 aliphatic carbocycles. The summed E-state index contributed by atoms with van der Waals surface area (Å²) in [5.41, 5.74) is -0.0462. The normalized spacial score (nSPS) is 23.8. The first-order valence-electron chi connectivity index (χ1n) is 9.87. The molecule has 3 aliphatic rings. The molecular formula is C21H21F3N4O. The summed E-state index contributed by atoms with van der Waals surface area (Å²) in [6.45, 7) is 2.36. The lowest BCUT2D eigenvalue weighted by Crippen LogP contribution is -2.46. The quantitative estimate of drug-likeness (QED) is 0.773. The van der Waals surface area contributed by atoms with E-state index >= 15 is 0 Å². The first-order valence-corrected chi connectivity index (χ1v) is 9.87. The molecule has 8 heteroatoms. The number of carbonyl (C=O) groups is 1. The van der Waals surface area contributed by atoms with Gasteiger partial charge in [-0.25, -0.2) is 23.2 Å². The van der Waals surface area contributed by atoms with Crippen molar-refractivity contribution >= 4 is 11.7 Å². The highest BCUT2D eigenvalue weighted by atomic mass is 19.1. The average Bonchev–Trinajstić information content (AvgIpc) is 3.21. The van der Waals surface area contributed by atoms with Crippen LogP contribution in [0, 0.1) is 22.9 Å². The maximum atomic E-state index is 14.1. The van der Waals surface area contributed by atoms with E-state index in [1.165, 1.54) is 18.2 Å². The number of pyridine rings is 1.